The van der Waals surface area contributed by atoms with E-state index < -0.39 is 10.1 Å². The number of fused-ring (bicyclic) bond motifs is 1. The average molecular weight is 250 g/mol. The highest BCUT2D eigenvalue weighted by Crippen LogP contribution is 2.28. The molecular formula is C13H14O3S. The third-order valence-corrected chi connectivity index (χ3v) is 3.68. The van der Waals surface area contributed by atoms with Gasteiger partial charge in [0.05, 0.1) is 0 Å². The molecule has 0 atom stereocenters. The molecule has 2 rings (SSSR count). The van der Waals surface area contributed by atoms with Crippen LogP contribution in [0.15, 0.2) is 41.3 Å². The van der Waals surface area contributed by atoms with Crippen LogP contribution in [-0.4, -0.2) is 13.0 Å². The molecule has 0 spiro atoms. The molecule has 0 fully saturated rings. The van der Waals surface area contributed by atoms with Gasteiger partial charge in [-0.05, 0) is 22.9 Å². The fourth-order valence-electron chi connectivity index (χ4n) is 1.84. The zero-order chi connectivity index (χ0) is 12.6. The monoisotopic (exact) mass is 250 g/mol. The van der Waals surface area contributed by atoms with Crippen LogP contribution in [0, 0.1) is 0 Å². The highest BCUT2D eigenvalue weighted by molar-refractivity contribution is 7.86. The van der Waals surface area contributed by atoms with Crippen molar-refractivity contribution < 1.29 is 13.0 Å². The molecule has 0 unspecified atom stereocenters. The van der Waals surface area contributed by atoms with Gasteiger partial charge < -0.3 is 0 Å². The Morgan fingerprint density at radius 3 is 2.35 bits per heavy atom. The summed E-state index contributed by atoms with van der Waals surface area (Å²) >= 11 is 0. The maximum absolute atomic E-state index is 11.4. The molecular weight excluding hydrogens is 236 g/mol. The lowest BCUT2D eigenvalue weighted by Gasteiger charge is -2.10. The molecule has 0 bridgehead atoms. The van der Waals surface area contributed by atoms with Gasteiger partial charge in [0.1, 0.15) is 4.90 Å². The summed E-state index contributed by atoms with van der Waals surface area (Å²) < 4.78 is 32.0. The van der Waals surface area contributed by atoms with Gasteiger partial charge in [0.2, 0.25) is 0 Å². The minimum absolute atomic E-state index is 0.0145. The molecule has 0 saturated carbocycles. The Bertz CT molecular complexity index is 657. The van der Waals surface area contributed by atoms with Gasteiger partial charge in [0, 0.05) is 5.39 Å². The fourth-order valence-corrected chi connectivity index (χ4v) is 2.59. The fraction of sp³-hybridized carbons (Fsp3) is 0.231. The molecule has 0 aliphatic heterocycles. The molecule has 0 heterocycles. The molecule has 3 nitrogen and oxygen atoms in total. The van der Waals surface area contributed by atoms with Crippen LogP contribution in [0.1, 0.15) is 25.3 Å². The number of hydrogen-bond donors (Lipinski definition) is 1. The first-order valence-corrected chi connectivity index (χ1v) is 6.84. The molecule has 0 amide bonds. The quantitative estimate of drug-likeness (QED) is 0.833. The van der Waals surface area contributed by atoms with Crippen LogP contribution >= 0.6 is 0 Å². The summed E-state index contributed by atoms with van der Waals surface area (Å²) in [6.07, 6.45) is 0. The van der Waals surface area contributed by atoms with E-state index >= 15 is 0 Å². The highest BCUT2D eigenvalue weighted by atomic mass is 32.2. The molecule has 4 heteroatoms. The Hall–Kier alpha value is -1.39. The van der Waals surface area contributed by atoms with Gasteiger partial charge in [-0.15, -0.1) is 0 Å². The molecule has 0 saturated heterocycles. The van der Waals surface area contributed by atoms with Crippen molar-refractivity contribution in [3.8, 4) is 0 Å². The molecule has 1 N–H and O–H groups in total. The first kappa shape index (κ1) is 12.1. The smallest absolute Gasteiger partial charge is 0.282 e. The maximum Gasteiger partial charge on any atom is 0.295 e. The lowest BCUT2D eigenvalue weighted by Crippen LogP contribution is -2.01. The van der Waals surface area contributed by atoms with E-state index in [9.17, 15) is 13.0 Å². The van der Waals surface area contributed by atoms with Crippen LogP contribution in [0.5, 0.6) is 0 Å². The summed E-state index contributed by atoms with van der Waals surface area (Å²) in [4.78, 5) is -0.0145. The molecule has 0 aliphatic rings. The molecule has 90 valence electrons. The maximum atomic E-state index is 11.4. The van der Waals surface area contributed by atoms with Crippen molar-refractivity contribution in [2.24, 2.45) is 0 Å². The van der Waals surface area contributed by atoms with E-state index in [1.54, 1.807) is 18.2 Å². The summed E-state index contributed by atoms with van der Waals surface area (Å²) in [6.45, 7) is 3.97. The van der Waals surface area contributed by atoms with Gasteiger partial charge in [-0.25, -0.2) is 0 Å². The molecule has 0 radical (unpaired) electrons. The van der Waals surface area contributed by atoms with E-state index in [0.29, 0.717) is 5.39 Å². The van der Waals surface area contributed by atoms with Crippen LogP contribution in [-0.2, 0) is 10.1 Å². The second-order valence-electron chi connectivity index (χ2n) is 4.37. The van der Waals surface area contributed by atoms with Crippen LogP contribution in [0.3, 0.4) is 0 Å². The Kier molecular flexibility index (Phi) is 2.93. The number of benzene rings is 2. The highest BCUT2D eigenvalue weighted by Gasteiger charge is 2.16. The summed E-state index contributed by atoms with van der Waals surface area (Å²) in [5, 5.41) is 1.38. The predicted molar refractivity (Wildman–Crippen MR) is 67.9 cm³/mol. The van der Waals surface area contributed by atoms with Gasteiger partial charge in [-0.1, -0.05) is 44.2 Å². The summed E-state index contributed by atoms with van der Waals surface area (Å²) in [5.41, 5.74) is 0.899. The third-order valence-electron chi connectivity index (χ3n) is 2.79. The van der Waals surface area contributed by atoms with Crippen molar-refractivity contribution in [1.29, 1.82) is 0 Å². The standard InChI is InChI=1S/C13H14O3S/c1-9(2)11-7-10-5-3-4-6-12(10)13(8-11)17(14,15)16/h3-9H,1-2H3,(H,14,15,16). The largest absolute Gasteiger partial charge is 0.295 e. The lowest BCUT2D eigenvalue weighted by molar-refractivity contribution is 0.484. The van der Waals surface area contributed by atoms with Crippen molar-refractivity contribution in [3.63, 3.8) is 0 Å². The summed E-state index contributed by atoms with van der Waals surface area (Å²) in [7, 11) is -4.19. The van der Waals surface area contributed by atoms with Gasteiger partial charge in [-0.2, -0.15) is 8.42 Å². The normalized spacial score (nSPS) is 12.2. The van der Waals surface area contributed by atoms with Gasteiger partial charge in [-0.3, -0.25) is 4.55 Å². The second-order valence-corrected chi connectivity index (χ2v) is 5.76. The van der Waals surface area contributed by atoms with Crippen molar-refractivity contribution in [3.05, 3.63) is 42.0 Å². The van der Waals surface area contributed by atoms with E-state index in [-0.39, 0.29) is 10.8 Å². The van der Waals surface area contributed by atoms with Crippen LogP contribution in [0.4, 0.5) is 0 Å². The van der Waals surface area contributed by atoms with E-state index in [1.807, 2.05) is 32.0 Å². The van der Waals surface area contributed by atoms with E-state index in [0.717, 1.165) is 10.9 Å². The number of rotatable bonds is 2. The van der Waals surface area contributed by atoms with E-state index in [4.69, 9.17) is 0 Å². The first-order chi connectivity index (χ1) is 7.89. The lowest BCUT2D eigenvalue weighted by atomic mass is 9.99. The van der Waals surface area contributed by atoms with Crippen molar-refractivity contribution in [2.45, 2.75) is 24.7 Å². The van der Waals surface area contributed by atoms with E-state index in [1.165, 1.54) is 0 Å². The topological polar surface area (TPSA) is 54.4 Å². The van der Waals surface area contributed by atoms with Crippen molar-refractivity contribution in [1.82, 2.24) is 0 Å². The Balaban J connectivity index is 2.88. The number of hydrogen-bond acceptors (Lipinski definition) is 2. The Labute approximate surface area is 101 Å². The van der Waals surface area contributed by atoms with Crippen molar-refractivity contribution in [2.75, 3.05) is 0 Å². The summed E-state index contributed by atoms with van der Waals surface area (Å²) in [6, 6.07) is 10.6. The zero-order valence-corrected chi connectivity index (χ0v) is 10.5. The third kappa shape index (κ3) is 2.33. The minimum atomic E-state index is -4.19. The molecule has 0 aliphatic carbocycles. The van der Waals surface area contributed by atoms with Crippen LogP contribution in [0.2, 0.25) is 0 Å². The zero-order valence-electron chi connectivity index (χ0n) is 9.71. The Morgan fingerprint density at radius 1 is 1.12 bits per heavy atom. The SMILES string of the molecule is CC(C)c1cc(S(=O)(=O)O)c2ccccc2c1. The molecule has 0 aromatic heterocycles. The Morgan fingerprint density at radius 2 is 1.76 bits per heavy atom. The molecule has 17 heavy (non-hydrogen) atoms. The van der Waals surface area contributed by atoms with Gasteiger partial charge in [0.15, 0.2) is 0 Å². The van der Waals surface area contributed by atoms with E-state index in [2.05, 4.69) is 0 Å². The summed E-state index contributed by atoms with van der Waals surface area (Å²) in [5.74, 6) is 0.208. The first-order valence-electron chi connectivity index (χ1n) is 5.40. The van der Waals surface area contributed by atoms with Crippen LogP contribution < -0.4 is 0 Å². The molecule has 2 aromatic rings. The van der Waals surface area contributed by atoms with Gasteiger partial charge >= 0.3 is 0 Å². The average Bonchev–Trinajstić information content (AvgIpc) is 2.26. The molecule has 2 aromatic carbocycles. The van der Waals surface area contributed by atoms with Crippen LogP contribution in [0.25, 0.3) is 10.8 Å². The van der Waals surface area contributed by atoms with Crippen molar-refractivity contribution >= 4 is 20.9 Å². The predicted octanol–water partition coefficient (Wildman–Crippen LogP) is 3.21. The van der Waals surface area contributed by atoms with Gasteiger partial charge in [0.25, 0.3) is 10.1 Å². The second kappa shape index (κ2) is 4.13. The minimum Gasteiger partial charge on any atom is -0.282 e.